The third kappa shape index (κ3) is 2.93. The molecule has 1 aromatic heterocycles. The third-order valence-corrected chi connectivity index (χ3v) is 3.67. The normalized spacial score (nSPS) is 10.3. The van der Waals surface area contributed by atoms with E-state index in [0.717, 1.165) is 15.7 Å². The van der Waals surface area contributed by atoms with Crippen LogP contribution in [0.5, 0.6) is 0 Å². The van der Waals surface area contributed by atoms with Crippen molar-refractivity contribution in [2.75, 3.05) is 11.1 Å². The highest BCUT2D eigenvalue weighted by atomic mass is 79.9. The molecule has 2 aromatic rings. The van der Waals surface area contributed by atoms with Crippen LogP contribution in [0, 0.1) is 13.8 Å². The van der Waals surface area contributed by atoms with Crippen LogP contribution in [0.15, 0.2) is 34.8 Å². The van der Waals surface area contributed by atoms with Crippen LogP contribution in [0.25, 0.3) is 0 Å². The first kappa shape index (κ1) is 13.5. The van der Waals surface area contributed by atoms with Crippen LogP contribution in [0.1, 0.15) is 21.6 Å². The molecule has 0 unspecified atom stereocenters. The highest BCUT2D eigenvalue weighted by Crippen LogP contribution is 2.19. The summed E-state index contributed by atoms with van der Waals surface area (Å²) in [6, 6.07) is 8.96. The molecule has 98 valence electrons. The van der Waals surface area contributed by atoms with E-state index < -0.39 is 0 Å². The Morgan fingerprint density at radius 3 is 2.68 bits per heavy atom. The molecule has 1 amide bonds. The van der Waals surface area contributed by atoms with Gasteiger partial charge in [0.1, 0.15) is 5.82 Å². The lowest BCUT2D eigenvalue weighted by atomic mass is 10.1. The number of nitrogen functional groups attached to an aromatic ring is 1. The molecule has 0 saturated heterocycles. The molecule has 0 fully saturated rings. The number of halogens is 1. The Balaban J connectivity index is 2.26. The van der Waals surface area contributed by atoms with Gasteiger partial charge in [0.2, 0.25) is 0 Å². The number of hydrogen-bond donors (Lipinski definition) is 2. The van der Waals surface area contributed by atoms with E-state index in [1.807, 2.05) is 26.0 Å². The van der Waals surface area contributed by atoms with Crippen molar-refractivity contribution in [2.45, 2.75) is 13.8 Å². The highest BCUT2D eigenvalue weighted by molar-refractivity contribution is 9.10. The lowest BCUT2D eigenvalue weighted by Crippen LogP contribution is -2.15. The summed E-state index contributed by atoms with van der Waals surface area (Å²) >= 11 is 3.37. The van der Waals surface area contributed by atoms with Gasteiger partial charge in [0.05, 0.1) is 11.3 Å². The Kier molecular flexibility index (Phi) is 3.85. The molecule has 3 N–H and O–H groups in total. The smallest absolute Gasteiger partial charge is 0.258 e. The summed E-state index contributed by atoms with van der Waals surface area (Å²) < 4.78 is 0.903. The van der Waals surface area contributed by atoms with Gasteiger partial charge in [0.25, 0.3) is 5.91 Å². The summed E-state index contributed by atoms with van der Waals surface area (Å²) in [6.07, 6.45) is 0. The molecule has 0 radical (unpaired) electrons. The lowest BCUT2D eigenvalue weighted by molar-refractivity contribution is 0.102. The second kappa shape index (κ2) is 5.40. The Bertz CT molecular complexity index is 641. The Labute approximate surface area is 120 Å². The van der Waals surface area contributed by atoms with Gasteiger partial charge in [-0.3, -0.25) is 4.79 Å². The van der Waals surface area contributed by atoms with E-state index in [2.05, 4.69) is 26.2 Å². The number of aromatic nitrogens is 1. The van der Waals surface area contributed by atoms with Gasteiger partial charge >= 0.3 is 0 Å². The predicted molar refractivity (Wildman–Crippen MR) is 80.2 cm³/mol. The van der Waals surface area contributed by atoms with E-state index in [-0.39, 0.29) is 5.91 Å². The Morgan fingerprint density at radius 1 is 1.26 bits per heavy atom. The molecular formula is C14H14BrN3O. The molecule has 2 rings (SSSR count). The van der Waals surface area contributed by atoms with Gasteiger partial charge < -0.3 is 11.1 Å². The summed E-state index contributed by atoms with van der Waals surface area (Å²) in [5.41, 5.74) is 8.55. The van der Waals surface area contributed by atoms with Crippen molar-refractivity contribution in [3.05, 3.63) is 51.6 Å². The van der Waals surface area contributed by atoms with Gasteiger partial charge in [0.15, 0.2) is 0 Å². The lowest BCUT2D eigenvalue weighted by Gasteiger charge is -2.09. The molecular weight excluding hydrogens is 306 g/mol. The van der Waals surface area contributed by atoms with Crippen molar-refractivity contribution in [2.24, 2.45) is 0 Å². The maximum Gasteiger partial charge on any atom is 0.258 e. The molecule has 0 aliphatic carbocycles. The minimum atomic E-state index is -0.254. The number of para-hydroxylation sites is 1. The van der Waals surface area contributed by atoms with E-state index in [1.54, 1.807) is 18.2 Å². The maximum absolute atomic E-state index is 12.1. The average molecular weight is 320 g/mol. The van der Waals surface area contributed by atoms with Crippen LogP contribution in [-0.2, 0) is 0 Å². The van der Waals surface area contributed by atoms with Gasteiger partial charge in [-0.2, -0.15) is 0 Å². The summed E-state index contributed by atoms with van der Waals surface area (Å²) in [5, 5.41) is 2.74. The number of pyridine rings is 1. The topological polar surface area (TPSA) is 68.0 Å². The third-order valence-electron chi connectivity index (χ3n) is 2.83. The van der Waals surface area contributed by atoms with Crippen LogP contribution in [0.4, 0.5) is 11.5 Å². The minimum absolute atomic E-state index is 0.254. The minimum Gasteiger partial charge on any atom is -0.398 e. The molecule has 0 bridgehead atoms. The molecule has 1 aromatic carbocycles. The van der Waals surface area contributed by atoms with Gasteiger partial charge in [0, 0.05) is 10.2 Å². The highest BCUT2D eigenvalue weighted by Gasteiger charge is 2.12. The Hall–Kier alpha value is -1.88. The fourth-order valence-corrected chi connectivity index (χ4v) is 1.90. The number of rotatable bonds is 2. The van der Waals surface area contributed by atoms with Gasteiger partial charge in [-0.05, 0) is 53.5 Å². The first-order chi connectivity index (χ1) is 8.99. The molecule has 5 heteroatoms. The fourth-order valence-electron chi connectivity index (χ4n) is 1.68. The van der Waals surface area contributed by atoms with Gasteiger partial charge in [-0.15, -0.1) is 0 Å². The van der Waals surface area contributed by atoms with Gasteiger partial charge in [-0.1, -0.05) is 12.1 Å². The van der Waals surface area contributed by atoms with Gasteiger partial charge in [-0.25, -0.2) is 4.98 Å². The van der Waals surface area contributed by atoms with E-state index in [0.29, 0.717) is 17.1 Å². The van der Waals surface area contributed by atoms with E-state index in [4.69, 9.17) is 5.73 Å². The number of benzene rings is 1. The van der Waals surface area contributed by atoms with Crippen molar-refractivity contribution in [1.82, 2.24) is 4.98 Å². The number of hydrogen-bond acceptors (Lipinski definition) is 3. The molecule has 4 nitrogen and oxygen atoms in total. The molecule has 1 heterocycles. The average Bonchev–Trinajstić information content (AvgIpc) is 2.37. The van der Waals surface area contributed by atoms with Crippen molar-refractivity contribution in [3.63, 3.8) is 0 Å². The van der Waals surface area contributed by atoms with Crippen molar-refractivity contribution in [3.8, 4) is 0 Å². The fraction of sp³-hybridized carbons (Fsp3) is 0.143. The number of carbonyl (C=O) groups excluding carboxylic acids is 1. The van der Waals surface area contributed by atoms with Crippen LogP contribution in [0.2, 0.25) is 0 Å². The van der Waals surface area contributed by atoms with E-state index in [1.165, 1.54) is 0 Å². The number of aryl methyl sites for hydroxylation is 2. The maximum atomic E-state index is 12.1. The summed E-state index contributed by atoms with van der Waals surface area (Å²) in [7, 11) is 0. The second-order valence-corrected chi connectivity index (χ2v) is 5.11. The van der Waals surface area contributed by atoms with Crippen molar-refractivity contribution >= 4 is 33.3 Å². The number of anilines is 2. The van der Waals surface area contributed by atoms with Crippen molar-refractivity contribution in [1.29, 1.82) is 0 Å². The standard InChI is InChI=1S/C14H14BrN3O/c1-8-4-3-5-10(13(8)16)14(19)18-12-7-6-11(15)9(2)17-12/h3-7H,16H2,1-2H3,(H,17,18,19). The zero-order valence-electron chi connectivity index (χ0n) is 10.7. The molecule has 0 aliphatic heterocycles. The molecule has 0 spiro atoms. The van der Waals surface area contributed by atoms with E-state index in [9.17, 15) is 4.79 Å². The van der Waals surface area contributed by atoms with Crippen molar-refractivity contribution < 1.29 is 4.79 Å². The quantitative estimate of drug-likeness (QED) is 0.834. The number of nitrogens with zero attached hydrogens (tertiary/aromatic N) is 1. The second-order valence-electron chi connectivity index (χ2n) is 4.25. The first-order valence-corrected chi connectivity index (χ1v) is 6.58. The summed E-state index contributed by atoms with van der Waals surface area (Å²) in [6.45, 7) is 3.73. The zero-order valence-corrected chi connectivity index (χ0v) is 12.3. The van der Waals surface area contributed by atoms with E-state index >= 15 is 0 Å². The first-order valence-electron chi connectivity index (χ1n) is 5.78. The predicted octanol–water partition coefficient (Wildman–Crippen LogP) is 3.30. The van der Waals surface area contributed by atoms with Crippen LogP contribution >= 0.6 is 15.9 Å². The monoisotopic (exact) mass is 319 g/mol. The number of nitrogens with one attached hydrogen (secondary N) is 1. The molecule has 0 atom stereocenters. The van der Waals surface area contributed by atoms with Crippen LogP contribution in [-0.4, -0.2) is 10.9 Å². The summed E-state index contributed by atoms with van der Waals surface area (Å²) in [4.78, 5) is 16.4. The Morgan fingerprint density at radius 2 is 2.00 bits per heavy atom. The summed E-state index contributed by atoms with van der Waals surface area (Å²) in [5.74, 6) is 0.252. The number of amides is 1. The number of nitrogens with two attached hydrogens (primary N) is 1. The molecule has 0 saturated carbocycles. The SMILES string of the molecule is Cc1cccc(C(=O)Nc2ccc(Br)c(C)n2)c1N. The zero-order chi connectivity index (χ0) is 14.0. The molecule has 0 aliphatic rings. The largest absolute Gasteiger partial charge is 0.398 e. The molecule has 19 heavy (non-hydrogen) atoms. The van der Waals surface area contributed by atoms with Crippen LogP contribution in [0.3, 0.4) is 0 Å². The number of carbonyl (C=O) groups is 1. The van der Waals surface area contributed by atoms with Crippen LogP contribution < -0.4 is 11.1 Å².